The smallest absolute Gasteiger partial charge is 0.333 e. The summed E-state index contributed by atoms with van der Waals surface area (Å²) in [4.78, 5) is 29.0. The third-order valence-electron chi connectivity index (χ3n) is 2.77. The number of thioether (sulfide) groups is 2. The molecule has 0 atom stereocenters. The molecule has 1 fully saturated rings. The summed E-state index contributed by atoms with van der Waals surface area (Å²) in [6.45, 7) is 0.606. The summed E-state index contributed by atoms with van der Waals surface area (Å²) in [6.07, 6.45) is 3.98. The normalized spacial score (nSPS) is 16.5. The second kappa shape index (κ2) is 8.09. The number of carbonyl (C=O) groups is 2. The van der Waals surface area contributed by atoms with E-state index >= 15 is 0 Å². The van der Waals surface area contributed by atoms with Crippen LogP contribution in [0.1, 0.15) is 6.42 Å². The van der Waals surface area contributed by atoms with Gasteiger partial charge in [0, 0.05) is 18.5 Å². The first-order valence-corrected chi connectivity index (χ1v) is 8.44. The molecule has 1 aromatic rings. The predicted molar refractivity (Wildman–Crippen MR) is 83.8 cm³/mol. The van der Waals surface area contributed by atoms with Crippen LogP contribution in [-0.2, 0) is 14.3 Å². The molecule has 0 saturated carbocycles. The fourth-order valence-corrected chi connectivity index (χ4v) is 3.51. The van der Waals surface area contributed by atoms with Gasteiger partial charge in [-0.05, 0) is 18.6 Å². The summed E-state index contributed by atoms with van der Waals surface area (Å²) in [7, 11) is 1.33. The van der Waals surface area contributed by atoms with Crippen LogP contribution in [0, 0.1) is 0 Å². The van der Waals surface area contributed by atoms with Gasteiger partial charge in [0.05, 0.1) is 29.0 Å². The van der Waals surface area contributed by atoms with E-state index in [1.54, 1.807) is 22.9 Å². The monoisotopic (exact) mass is 324 g/mol. The summed E-state index contributed by atoms with van der Waals surface area (Å²) >= 11 is 3.03. The molecule has 1 saturated heterocycles. The zero-order valence-corrected chi connectivity index (χ0v) is 13.3. The van der Waals surface area contributed by atoms with Gasteiger partial charge in [-0.3, -0.25) is 4.79 Å². The Kier molecular flexibility index (Phi) is 6.13. The van der Waals surface area contributed by atoms with Gasteiger partial charge in [-0.25, -0.2) is 9.78 Å². The Labute approximate surface area is 132 Å². The summed E-state index contributed by atoms with van der Waals surface area (Å²) in [5.74, 6) is 0.866. The minimum atomic E-state index is -0.430. The maximum atomic E-state index is 11.8. The van der Waals surface area contributed by atoms with Crippen LogP contribution in [0.3, 0.4) is 0 Å². The van der Waals surface area contributed by atoms with E-state index in [4.69, 9.17) is 0 Å². The number of carbonyl (C=O) groups excluding carboxylic acids is 2. The second-order valence-electron chi connectivity index (χ2n) is 4.21. The fraction of sp³-hybridized carbons (Fsp3) is 0.357. The number of rotatable bonds is 6. The summed E-state index contributed by atoms with van der Waals surface area (Å²) in [5, 5.41) is 1.65. The lowest BCUT2D eigenvalue weighted by Gasteiger charge is -2.16. The largest absolute Gasteiger partial charge is 0.466 e. The van der Waals surface area contributed by atoms with E-state index in [9.17, 15) is 9.59 Å². The third-order valence-corrected chi connectivity index (χ3v) is 4.82. The van der Waals surface area contributed by atoms with Gasteiger partial charge in [-0.2, -0.15) is 0 Å². The Bertz CT molecular complexity index is 534. The van der Waals surface area contributed by atoms with Crippen LogP contribution in [0.15, 0.2) is 40.5 Å². The maximum Gasteiger partial charge on any atom is 0.333 e. The Morgan fingerprint density at radius 1 is 1.57 bits per heavy atom. The van der Waals surface area contributed by atoms with Crippen molar-refractivity contribution in [2.75, 3.05) is 25.2 Å². The number of hydrogen-bond acceptors (Lipinski definition) is 6. The predicted octanol–water partition coefficient (Wildman–Crippen LogP) is 2.15. The molecule has 0 aromatic carbocycles. The van der Waals surface area contributed by atoms with E-state index in [0.29, 0.717) is 17.3 Å². The number of pyridine rings is 1. The number of aromatic nitrogens is 1. The number of amides is 1. The fourth-order valence-electron chi connectivity index (χ4n) is 1.76. The van der Waals surface area contributed by atoms with Gasteiger partial charge in [-0.1, -0.05) is 17.8 Å². The molecule has 0 spiro atoms. The van der Waals surface area contributed by atoms with Gasteiger partial charge in [-0.15, -0.1) is 11.8 Å². The minimum Gasteiger partial charge on any atom is -0.466 e. The van der Waals surface area contributed by atoms with Crippen LogP contribution in [0.25, 0.3) is 0 Å². The highest BCUT2D eigenvalue weighted by molar-refractivity contribution is 8.04. The molecule has 2 rings (SSSR count). The van der Waals surface area contributed by atoms with Gasteiger partial charge < -0.3 is 9.64 Å². The molecule has 0 radical (unpaired) electrons. The van der Waals surface area contributed by atoms with Gasteiger partial charge in [0.2, 0.25) is 5.91 Å². The highest BCUT2D eigenvalue weighted by Crippen LogP contribution is 2.29. The first kappa shape index (κ1) is 15.9. The second-order valence-corrected chi connectivity index (χ2v) is 6.32. The SMILES string of the molecule is COC(=O)C=C1SCC(=O)N1CCCSc1ccccn1. The van der Waals surface area contributed by atoms with Crippen LogP contribution in [0.2, 0.25) is 0 Å². The first-order valence-electron chi connectivity index (χ1n) is 6.47. The van der Waals surface area contributed by atoms with E-state index in [1.807, 2.05) is 18.2 Å². The van der Waals surface area contributed by atoms with Crippen LogP contribution >= 0.6 is 23.5 Å². The topological polar surface area (TPSA) is 59.5 Å². The molecular weight excluding hydrogens is 308 g/mol. The summed E-state index contributed by atoms with van der Waals surface area (Å²) in [5.41, 5.74) is 0. The molecule has 0 unspecified atom stereocenters. The standard InChI is InChI=1S/C14H16N2O3S2/c1-19-14(18)9-13-16(12(17)10-21-13)7-4-8-20-11-5-2-3-6-15-11/h2-3,5-6,9H,4,7-8,10H2,1H3. The number of hydrogen-bond donors (Lipinski definition) is 0. The molecule has 1 amide bonds. The van der Waals surface area contributed by atoms with Crippen molar-refractivity contribution in [3.63, 3.8) is 0 Å². The minimum absolute atomic E-state index is 0.0398. The molecule has 0 N–H and O–H groups in total. The molecule has 2 heterocycles. The zero-order valence-electron chi connectivity index (χ0n) is 11.7. The average molecular weight is 324 g/mol. The van der Waals surface area contributed by atoms with Gasteiger partial charge >= 0.3 is 5.97 Å². The molecule has 21 heavy (non-hydrogen) atoms. The van der Waals surface area contributed by atoms with Gasteiger partial charge in [0.25, 0.3) is 0 Å². The number of methoxy groups -OCH3 is 1. The average Bonchev–Trinajstić information content (AvgIpc) is 2.85. The van der Waals surface area contributed by atoms with E-state index in [-0.39, 0.29) is 5.91 Å². The Morgan fingerprint density at radius 3 is 3.14 bits per heavy atom. The number of nitrogens with zero attached hydrogens (tertiary/aromatic N) is 2. The van der Waals surface area contributed by atoms with Crippen molar-refractivity contribution < 1.29 is 14.3 Å². The lowest BCUT2D eigenvalue weighted by atomic mass is 10.4. The van der Waals surface area contributed by atoms with E-state index in [2.05, 4.69) is 9.72 Å². The van der Waals surface area contributed by atoms with Gasteiger partial charge in [0.15, 0.2) is 0 Å². The molecule has 1 aliphatic heterocycles. The maximum absolute atomic E-state index is 11.8. The highest BCUT2D eigenvalue weighted by Gasteiger charge is 2.26. The molecule has 1 aliphatic rings. The summed E-state index contributed by atoms with van der Waals surface area (Å²) in [6, 6.07) is 5.80. The van der Waals surface area contributed by atoms with Gasteiger partial charge in [0.1, 0.15) is 0 Å². The highest BCUT2D eigenvalue weighted by atomic mass is 32.2. The van der Waals surface area contributed by atoms with Crippen molar-refractivity contribution in [2.24, 2.45) is 0 Å². The molecule has 1 aromatic heterocycles. The Balaban J connectivity index is 1.82. The lowest BCUT2D eigenvalue weighted by Crippen LogP contribution is -2.26. The van der Waals surface area contributed by atoms with Crippen molar-refractivity contribution in [3.8, 4) is 0 Å². The van der Waals surface area contributed by atoms with Crippen molar-refractivity contribution in [1.82, 2.24) is 9.88 Å². The Morgan fingerprint density at radius 2 is 2.43 bits per heavy atom. The lowest BCUT2D eigenvalue weighted by molar-refractivity contribution is -0.134. The van der Waals surface area contributed by atoms with Crippen molar-refractivity contribution in [3.05, 3.63) is 35.5 Å². The van der Waals surface area contributed by atoms with Crippen molar-refractivity contribution in [1.29, 1.82) is 0 Å². The number of ether oxygens (including phenoxy) is 1. The van der Waals surface area contributed by atoms with E-state index in [1.165, 1.54) is 24.9 Å². The van der Waals surface area contributed by atoms with Crippen molar-refractivity contribution >= 4 is 35.4 Å². The molecule has 112 valence electrons. The first-order chi connectivity index (χ1) is 10.2. The Hall–Kier alpha value is -1.47. The van der Waals surface area contributed by atoms with Crippen LogP contribution in [0.4, 0.5) is 0 Å². The summed E-state index contributed by atoms with van der Waals surface area (Å²) < 4.78 is 4.60. The van der Waals surface area contributed by atoms with E-state index < -0.39 is 5.97 Å². The number of esters is 1. The molecule has 7 heteroatoms. The molecule has 5 nitrogen and oxygen atoms in total. The van der Waals surface area contributed by atoms with E-state index in [0.717, 1.165) is 17.2 Å². The van der Waals surface area contributed by atoms with Crippen molar-refractivity contribution in [2.45, 2.75) is 11.4 Å². The van der Waals surface area contributed by atoms with Crippen LogP contribution < -0.4 is 0 Å². The third kappa shape index (κ3) is 4.78. The molecule has 0 aliphatic carbocycles. The van der Waals surface area contributed by atoms with Crippen LogP contribution in [-0.4, -0.2) is 46.9 Å². The van der Waals surface area contributed by atoms with Crippen LogP contribution in [0.5, 0.6) is 0 Å². The zero-order chi connectivity index (χ0) is 15.1. The molecular formula is C14H16N2O3S2. The molecule has 0 bridgehead atoms. The quantitative estimate of drug-likeness (QED) is 0.346.